The summed E-state index contributed by atoms with van der Waals surface area (Å²) in [5.41, 5.74) is 0.633. The van der Waals surface area contributed by atoms with E-state index in [0.29, 0.717) is 28.6 Å². The maximum absolute atomic E-state index is 13.0. The predicted molar refractivity (Wildman–Crippen MR) is 102 cm³/mol. The van der Waals surface area contributed by atoms with Gasteiger partial charge in [0.2, 0.25) is 0 Å². The number of anilines is 2. The second kappa shape index (κ2) is 6.27. The zero-order valence-electron chi connectivity index (χ0n) is 14.8. The zero-order chi connectivity index (χ0) is 18.6. The monoisotopic (exact) mass is 387 g/mol. The first-order chi connectivity index (χ1) is 13.0. The van der Waals surface area contributed by atoms with Gasteiger partial charge in [-0.1, -0.05) is 0 Å². The van der Waals surface area contributed by atoms with Crippen molar-refractivity contribution in [2.45, 2.75) is 43.7 Å². The van der Waals surface area contributed by atoms with Crippen molar-refractivity contribution in [2.24, 2.45) is 17.8 Å². The van der Waals surface area contributed by atoms with Crippen molar-refractivity contribution in [2.75, 3.05) is 5.32 Å². The van der Waals surface area contributed by atoms with Crippen LogP contribution in [0.1, 0.15) is 42.6 Å². The van der Waals surface area contributed by atoms with Gasteiger partial charge in [0.15, 0.2) is 5.13 Å². The van der Waals surface area contributed by atoms with Crippen molar-refractivity contribution in [3.63, 3.8) is 0 Å². The van der Waals surface area contributed by atoms with Crippen LogP contribution < -0.4 is 10.6 Å². The molecule has 2 atom stereocenters. The van der Waals surface area contributed by atoms with Crippen molar-refractivity contribution < 1.29 is 14.3 Å². The van der Waals surface area contributed by atoms with Crippen LogP contribution in [0.3, 0.4) is 0 Å². The van der Waals surface area contributed by atoms with Crippen LogP contribution in [-0.4, -0.2) is 27.6 Å². The quantitative estimate of drug-likeness (QED) is 0.748. The third-order valence-corrected chi connectivity index (χ3v) is 7.13. The molecule has 1 aromatic carbocycles. The van der Waals surface area contributed by atoms with Gasteiger partial charge < -0.3 is 15.7 Å². The summed E-state index contributed by atoms with van der Waals surface area (Å²) in [7, 11) is 0. The number of thiazole rings is 1. The molecule has 1 aromatic heterocycles. The third-order valence-electron chi connectivity index (χ3n) is 6.37. The minimum Gasteiger partial charge on any atom is -0.390 e. The Morgan fingerprint density at radius 1 is 1.19 bits per heavy atom. The van der Waals surface area contributed by atoms with Crippen LogP contribution in [0, 0.1) is 23.6 Å². The number of nitrogens with zero attached hydrogens (tertiary/aromatic N) is 1. The first kappa shape index (κ1) is 17.1. The normalized spacial score (nSPS) is 33.9. The number of benzene rings is 1. The SMILES string of the molecule is O=C(N[C@H]1C2CC3CC1C[C@](O)(C3)C2)c1csc(Nc2ccc(F)cc2)n1. The van der Waals surface area contributed by atoms with E-state index in [-0.39, 0.29) is 17.8 Å². The highest BCUT2D eigenvalue weighted by atomic mass is 32.1. The Labute approximate surface area is 161 Å². The van der Waals surface area contributed by atoms with Crippen LogP contribution in [0.2, 0.25) is 0 Å². The van der Waals surface area contributed by atoms with Crippen molar-refractivity contribution >= 4 is 28.1 Å². The lowest BCUT2D eigenvalue weighted by molar-refractivity contribution is -0.136. The molecule has 7 heteroatoms. The molecule has 4 saturated carbocycles. The van der Waals surface area contributed by atoms with Gasteiger partial charge in [0.05, 0.1) is 5.60 Å². The Bertz CT molecular complexity index is 852. The highest BCUT2D eigenvalue weighted by molar-refractivity contribution is 7.14. The number of hydrogen-bond donors (Lipinski definition) is 3. The first-order valence-electron chi connectivity index (χ1n) is 9.49. The van der Waals surface area contributed by atoms with Crippen LogP contribution in [0.5, 0.6) is 0 Å². The van der Waals surface area contributed by atoms with Gasteiger partial charge in [-0.2, -0.15) is 0 Å². The Morgan fingerprint density at radius 3 is 2.56 bits per heavy atom. The molecule has 0 spiro atoms. The van der Waals surface area contributed by atoms with Gasteiger partial charge >= 0.3 is 0 Å². The van der Waals surface area contributed by atoms with Crippen molar-refractivity contribution in [3.8, 4) is 0 Å². The number of carbonyl (C=O) groups is 1. The lowest BCUT2D eigenvalue weighted by atomic mass is 9.52. The lowest BCUT2D eigenvalue weighted by Crippen LogP contribution is -2.61. The van der Waals surface area contributed by atoms with Gasteiger partial charge in [-0.15, -0.1) is 11.3 Å². The smallest absolute Gasteiger partial charge is 0.271 e. The molecule has 27 heavy (non-hydrogen) atoms. The van der Waals surface area contributed by atoms with E-state index >= 15 is 0 Å². The number of carbonyl (C=O) groups excluding carboxylic acids is 1. The molecule has 1 amide bonds. The van der Waals surface area contributed by atoms with Gasteiger partial charge in [0.25, 0.3) is 5.91 Å². The molecule has 2 aromatic rings. The van der Waals surface area contributed by atoms with Crippen molar-refractivity contribution in [3.05, 3.63) is 41.2 Å². The minimum atomic E-state index is -0.495. The maximum Gasteiger partial charge on any atom is 0.271 e. The van der Waals surface area contributed by atoms with E-state index in [0.717, 1.165) is 37.8 Å². The topological polar surface area (TPSA) is 74.2 Å². The maximum atomic E-state index is 13.0. The van der Waals surface area contributed by atoms with Crippen molar-refractivity contribution in [1.29, 1.82) is 0 Å². The number of amides is 1. The van der Waals surface area contributed by atoms with E-state index in [4.69, 9.17) is 0 Å². The van der Waals surface area contributed by atoms with Gasteiger partial charge in [-0.05, 0) is 74.1 Å². The molecule has 4 fully saturated rings. The molecular weight excluding hydrogens is 365 g/mol. The molecular formula is C20H22FN3O2S. The fraction of sp³-hybridized carbons (Fsp3) is 0.500. The highest BCUT2D eigenvalue weighted by Crippen LogP contribution is 2.55. The summed E-state index contributed by atoms with van der Waals surface area (Å²) in [6.45, 7) is 0. The highest BCUT2D eigenvalue weighted by Gasteiger charge is 2.55. The summed E-state index contributed by atoms with van der Waals surface area (Å²) in [6.07, 6.45) is 4.76. The molecule has 0 aliphatic heterocycles. The van der Waals surface area contributed by atoms with Gasteiger partial charge in [-0.3, -0.25) is 4.79 Å². The van der Waals surface area contributed by atoms with E-state index in [1.807, 2.05) is 0 Å². The summed E-state index contributed by atoms with van der Waals surface area (Å²) in [5.74, 6) is 0.927. The summed E-state index contributed by atoms with van der Waals surface area (Å²) in [6, 6.07) is 6.17. The molecule has 1 heterocycles. The molecule has 2 unspecified atom stereocenters. The fourth-order valence-electron chi connectivity index (χ4n) is 5.53. The number of aromatic nitrogens is 1. The van der Waals surface area contributed by atoms with E-state index in [2.05, 4.69) is 15.6 Å². The fourth-order valence-corrected chi connectivity index (χ4v) is 6.25. The molecule has 4 bridgehead atoms. The molecule has 4 aliphatic rings. The second-order valence-electron chi connectivity index (χ2n) is 8.36. The molecule has 5 nitrogen and oxygen atoms in total. The molecule has 0 radical (unpaired) electrons. The standard InChI is InChI=1S/C20H22FN3O2S/c21-14-1-3-15(4-2-14)22-19-23-16(10-27-19)18(25)24-17-12-5-11-6-13(17)9-20(26,7-11)8-12/h1-4,10-13,17,26H,5-9H2,(H,22,23)(H,24,25)/t11?,12?,13?,17-,20-. The van der Waals surface area contributed by atoms with E-state index in [1.165, 1.54) is 23.5 Å². The van der Waals surface area contributed by atoms with Crippen molar-refractivity contribution in [1.82, 2.24) is 10.3 Å². The number of hydrogen-bond acceptors (Lipinski definition) is 5. The minimum absolute atomic E-state index is 0.143. The van der Waals surface area contributed by atoms with Crippen LogP contribution >= 0.6 is 11.3 Å². The van der Waals surface area contributed by atoms with E-state index in [1.54, 1.807) is 17.5 Å². The average Bonchev–Trinajstić information content (AvgIpc) is 3.07. The van der Waals surface area contributed by atoms with Crippen LogP contribution in [-0.2, 0) is 0 Å². The summed E-state index contributed by atoms with van der Waals surface area (Å²) < 4.78 is 13.0. The Morgan fingerprint density at radius 2 is 1.89 bits per heavy atom. The summed E-state index contributed by atoms with van der Waals surface area (Å²) >= 11 is 1.35. The summed E-state index contributed by atoms with van der Waals surface area (Å²) in [4.78, 5) is 17.1. The molecule has 0 saturated heterocycles. The number of nitrogens with one attached hydrogen (secondary N) is 2. The summed E-state index contributed by atoms with van der Waals surface area (Å²) in [5, 5.41) is 19.3. The van der Waals surface area contributed by atoms with Crippen LogP contribution in [0.15, 0.2) is 29.6 Å². The Hall–Kier alpha value is -1.99. The number of rotatable bonds is 4. The van der Waals surface area contributed by atoms with Gasteiger partial charge in [0.1, 0.15) is 11.5 Å². The Balaban J connectivity index is 1.26. The Kier molecular flexibility index (Phi) is 3.98. The van der Waals surface area contributed by atoms with Crippen LogP contribution in [0.4, 0.5) is 15.2 Å². The molecule has 142 valence electrons. The van der Waals surface area contributed by atoms with Gasteiger partial charge in [0, 0.05) is 17.1 Å². The number of aliphatic hydroxyl groups is 1. The predicted octanol–water partition coefficient (Wildman–Crippen LogP) is 3.70. The molecule has 6 rings (SSSR count). The van der Waals surface area contributed by atoms with E-state index < -0.39 is 5.60 Å². The third kappa shape index (κ3) is 3.23. The number of halogens is 1. The zero-order valence-corrected chi connectivity index (χ0v) is 15.6. The average molecular weight is 387 g/mol. The second-order valence-corrected chi connectivity index (χ2v) is 9.22. The molecule has 4 aliphatic carbocycles. The van der Waals surface area contributed by atoms with E-state index in [9.17, 15) is 14.3 Å². The largest absolute Gasteiger partial charge is 0.390 e. The lowest BCUT2D eigenvalue weighted by Gasteiger charge is -2.58. The van der Waals surface area contributed by atoms with Crippen LogP contribution in [0.25, 0.3) is 0 Å². The molecule has 3 N–H and O–H groups in total. The first-order valence-corrected chi connectivity index (χ1v) is 10.4. The van der Waals surface area contributed by atoms with Gasteiger partial charge in [-0.25, -0.2) is 9.37 Å².